The number of nitrogens with zero attached hydrogens (tertiary/aromatic N) is 2. The van der Waals surface area contributed by atoms with Crippen LogP contribution in [0.3, 0.4) is 0 Å². The number of hydrogen-bond donors (Lipinski definition) is 1. The molecule has 0 saturated carbocycles. The maximum Gasteiger partial charge on any atom is 0.312 e. The molecule has 3 rings (SSSR count). The van der Waals surface area contributed by atoms with Crippen LogP contribution < -0.4 is 0 Å². The summed E-state index contributed by atoms with van der Waals surface area (Å²) < 4.78 is 11.6. The molecular formula is C22H33BrN2O6. The van der Waals surface area contributed by atoms with E-state index in [1.807, 2.05) is 6.92 Å². The number of halogens is 1. The topological polar surface area (TPSA) is 96.4 Å². The Kier molecular flexibility index (Phi) is 7.48. The highest BCUT2D eigenvalue weighted by Gasteiger charge is 2.77. The van der Waals surface area contributed by atoms with Crippen LogP contribution >= 0.6 is 15.9 Å². The molecule has 3 heterocycles. The lowest BCUT2D eigenvalue weighted by Crippen LogP contribution is -2.58. The number of carbonyl (C=O) groups is 3. The van der Waals surface area contributed by atoms with Crippen molar-refractivity contribution >= 4 is 33.7 Å². The van der Waals surface area contributed by atoms with Crippen LogP contribution in [0.4, 0.5) is 0 Å². The fraction of sp³-hybridized carbons (Fsp3) is 0.773. The minimum Gasteiger partial charge on any atom is -0.466 e. The molecule has 9 heteroatoms. The van der Waals surface area contributed by atoms with Crippen LogP contribution in [0, 0.1) is 11.8 Å². The summed E-state index contributed by atoms with van der Waals surface area (Å²) in [5, 5.41) is 9.86. The lowest BCUT2D eigenvalue weighted by atomic mass is 9.70. The molecule has 3 unspecified atom stereocenters. The van der Waals surface area contributed by atoms with Gasteiger partial charge in [0.05, 0.1) is 37.2 Å². The van der Waals surface area contributed by atoms with E-state index in [1.54, 1.807) is 24.8 Å². The van der Waals surface area contributed by atoms with Crippen LogP contribution in [0.1, 0.15) is 40.0 Å². The highest BCUT2D eigenvalue weighted by atomic mass is 79.9. The molecule has 174 valence electrons. The van der Waals surface area contributed by atoms with Crippen molar-refractivity contribution in [2.24, 2.45) is 11.8 Å². The molecule has 0 aromatic rings. The summed E-state index contributed by atoms with van der Waals surface area (Å²) in [5.41, 5.74) is -1.13. The van der Waals surface area contributed by atoms with E-state index in [2.05, 4.69) is 22.5 Å². The highest BCUT2D eigenvalue weighted by molar-refractivity contribution is 9.09. The minimum absolute atomic E-state index is 0.172. The lowest BCUT2D eigenvalue weighted by molar-refractivity contribution is -0.156. The van der Waals surface area contributed by atoms with Crippen LogP contribution in [0.15, 0.2) is 12.7 Å². The number of hydrogen-bond acceptors (Lipinski definition) is 6. The first-order valence-electron chi connectivity index (χ1n) is 11.1. The summed E-state index contributed by atoms with van der Waals surface area (Å²) in [6.07, 6.45) is 3.31. The average Bonchev–Trinajstić information content (AvgIpc) is 3.33. The number of esters is 1. The molecule has 0 aromatic carbocycles. The van der Waals surface area contributed by atoms with Crippen LogP contribution in [0.25, 0.3) is 0 Å². The van der Waals surface area contributed by atoms with Gasteiger partial charge < -0.3 is 24.4 Å². The molecule has 0 aliphatic carbocycles. The Morgan fingerprint density at radius 1 is 1.48 bits per heavy atom. The number of likely N-dealkylation sites (tertiary alicyclic amines) is 1. The number of unbranched alkanes of at least 4 members (excludes halogenated alkanes) is 1. The van der Waals surface area contributed by atoms with Crippen molar-refractivity contribution in [1.29, 1.82) is 0 Å². The SMILES string of the molecule is C=CCN(CCCC)C(=O)C1N([C@H](C)CO)C(=O)[C@@H]2[C@@H](C(=O)OCC)[C@@H]3OC12CC3Br. The highest BCUT2D eigenvalue weighted by Crippen LogP contribution is 2.60. The third-order valence-electron chi connectivity index (χ3n) is 6.70. The normalized spacial score (nSPS) is 34.5. The largest absolute Gasteiger partial charge is 0.466 e. The van der Waals surface area contributed by atoms with Crippen LogP contribution in [-0.4, -0.2) is 87.6 Å². The summed E-state index contributed by atoms with van der Waals surface area (Å²) in [6.45, 7) is 10.0. The second kappa shape index (κ2) is 9.58. The van der Waals surface area contributed by atoms with E-state index in [0.29, 0.717) is 19.5 Å². The number of fused-ring (bicyclic) bond motifs is 1. The zero-order valence-electron chi connectivity index (χ0n) is 18.5. The molecule has 1 N–H and O–H groups in total. The van der Waals surface area contributed by atoms with Gasteiger partial charge in [-0.05, 0) is 26.7 Å². The third kappa shape index (κ3) is 3.82. The van der Waals surface area contributed by atoms with Gasteiger partial charge in [0.1, 0.15) is 11.6 Å². The second-order valence-corrected chi connectivity index (χ2v) is 9.80. The first-order valence-corrected chi connectivity index (χ1v) is 12.0. The average molecular weight is 501 g/mol. The van der Waals surface area contributed by atoms with Gasteiger partial charge in [-0.1, -0.05) is 35.4 Å². The van der Waals surface area contributed by atoms with Gasteiger partial charge in [0.15, 0.2) is 0 Å². The first kappa shape index (κ1) is 24.2. The predicted octanol–water partition coefficient (Wildman–Crippen LogP) is 1.49. The Morgan fingerprint density at radius 2 is 2.19 bits per heavy atom. The molecule has 7 atom stereocenters. The van der Waals surface area contributed by atoms with Crippen molar-refractivity contribution in [1.82, 2.24) is 9.80 Å². The summed E-state index contributed by atoms with van der Waals surface area (Å²) in [7, 11) is 0. The van der Waals surface area contributed by atoms with Crippen molar-refractivity contribution < 1.29 is 29.0 Å². The molecular weight excluding hydrogens is 468 g/mol. The van der Waals surface area contributed by atoms with Gasteiger partial charge in [0.25, 0.3) is 0 Å². The first-order chi connectivity index (χ1) is 14.8. The molecule has 3 aliphatic heterocycles. The van der Waals surface area contributed by atoms with Crippen molar-refractivity contribution in [3.63, 3.8) is 0 Å². The maximum atomic E-state index is 13.8. The summed E-state index contributed by atoms with van der Waals surface area (Å²) in [5.74, 6) is -2.61. The predicted molar refractivity (Wildman–Crippen MR) is 117 cm³/mol. The Labute approximate surface area is 192 Å². The van der Waals surface area contributed by atoms with Crippen LogP contribution in [0.2, 0.25) is 0 Å². The second-order valence-electron chi connectivity index (χ2n) is 8.62. The molecule has 2 bridgehead atoms. The molecule has 0 aromatic heterocycles. The number of rotatable bonds is 10. The van der Waals surface area contributed by atoms with Crippen molar-refractivity contribution in [3.05, 3.63) is 12.7 Å². The number of aliphatic hydroxyl groups is 1. The molecule has 3 saturated heterocycles. The standard InChI is InChI=1S/C22H33BrN2O6/c1-5-8-10-24(9-6-2)20(28)18-22-11-14(23)17(31-22)15(21(29)30-7-3)16(22)19(27)25(18)13(4)12-26/h6,13-18,26H,2,5,7-12H2,1,3-4H3/t13-,14?,15-,16+,17-,18?,22?/m1/s1. The van der Waals surface area contributed by atoms with E-state index in [-0.39, 0.29) is 29.9 Å². The third-order valence-corrected chi connectivity index (χ3v) is 7.55. The summed E-state index contributed by atoms with van der Waals surface area (Å²) in [4.78, 5) is 43.3. The van der Waals surface area contributed by atoms with Crippen molar-refractivity contribution in [3.8, 4) is 0 Å². The van der Waals surface area contributed by atoms with Crippen LogP contribution in [-0.2, 0) is 23.9 Å². The van der Waals surface area contributed by atoms with Crippen molar-refractivity contribution in [2.45, 2.75) is 68.6 Å². The Balaban J connectivity index is 2.06. The number of carbonyl (C=O) groups excluding carboxylic acids is 3. The summed E-state index contributed by atoms with van der Waals surface area (Å²) in [6, 6.07) is -1.49. The van der Waals surface area contributed by atoms with E-state index in [1.165, 1.54) is 4.90 Å². The van der Waals surface area contributed by atoms with Gasteiger partial charge in [-0.2, -0.15) is 0 Å². The minimum atomic E-state index is -1.13. The van der Waals surface area contributed by atoms with E-state index >= 15 is 0 Å². The van der Waals surface area contributed by atoms with Gasteiger partial charge >= 0.3 is 5.97 Å². The van der Waals surface area contributed by atoms with Crippen molar-refractivity contribution in [2.75, 3.05) is 26.3 Å². The van der Waals surface area contributed by atoms with Gasteiger partial charge in [-0.3, -0.25) is 14.4 Å². The molecule has 2 amide bonds. The zero-order chi connectivity index (χ0) is 22.9. The Bertz CT molecular complexity index is 733. The number of aliphatic hydroxyl groups excluding tert-OH is 1. The monoisotopic (exact) mass is 500 g/mol. The maximum absolute atomic E-state index is 13.8. The zero-order valence-corrected chi connectivity index (χ0v) is 20.0. The molecule has 31 heavy (non-hydrogen) atoms. The number of amides is 2. The molecule has 3 fully saturated rings. The van der Waals surface area contributed by atoms with E-state index in [9.17, 15) is 19.5 Å². The summed E-state index contributed by atoms with van der Waals surface area (Å²) >= 11 is 3.61. The van der Waals surface area contributed by atoms with Gasteiger partial charge in [-0.15, -0.1) is 6.58 Å². The molecule has 8 nitrogen and oxygen atoms in total. The van der Waals surface area contributed by atoms with E-state index in [0.717, 1.165) is 12.8 Å². The van der Waals surface area contributed by atoms with Gasteiger partial charge in [-0.25, -0.2) is 0 Å². The van der Waals surface area contributed by atoms with Crippen LogP contribution in [0.5, 0.6) is 0 Å². The molecule has 0 radical (unpaired) electrons. The Hall–Kier alpha value is -1.45. The quantitative estimate of drug-likeness (QED) is 0.277. The Morgan fingerprint density at radius 3 is 2.77 bits per heavy atom. The fourth-order valence-corrected chi connectivity index (χ4v) is 6.33. The van der Waals surface area contributed by atoms with E-state index < -0.39 is 41.6 Å². The number of ether oxygens (including phenoxy) is 2. The van der Waals surface area contributed by atoms with Gasteiger partial charge in [0.2, 0.25) is 11.8 Å². The molecule has 3 aliphatic rings. The van der Waals surface area contributed by atoms with E-state index in [4.69, 9.17) is 9.47 Å². The fourth-order valence-electron chi connectivity index (χ4n) is 5.39. The molecule has 1 spiro atoms. The smallest absolute Gasteiger partial charge is 0.312 e. The lowest BCUT2D eigenvalue weighted by Gasteiger charge is -2.38. The van der Waals surface area contributed by atoms with Gasteiger partial charge in [0, 0.05) is 17.9 Å². The number of alkyl halides is 1.